The van der Waals surface area contributed by atoms with Crippen molar-refractivity contribution in [2.45, 2.75) is 14.9 Å². The molecular weight excluding hydrogens is 391 g/mol. The fraction of sp³-hybridized carbons (Fsp3) is 0.417. The Kier molecular flexibility index (Phi) is 6.54. The van der Waals surface area contributed by atoms with Crippen molar-refractivity contribution in [2.24, 2.45) is 0 Å². The van der Waals surface area contributed by atoms with Gasteiger partial charge in [0.05, 0.1) is 7.11 Å². The first kappa shape index (κ1) is 20.3. The van der Waals surface area contributed by atoms with Crippen molar-refractivity contribution < 1.29 is 23.1 Å². The molecule has 1 aromatic carbocycles. The van der Waals surface area contributed by atoms with Crippen LogP contribution >= 0.6 is 34.8 Å². The molecule has 23 heavy (non-hydrogen) atoms. The number of halogens is 3. The van der Waals surface area contributed by atoms with E-state index in [9.17, 15) is 18.3 Å². The molecule has 0 aliphatic carbocycles. The largest absolute Gasteiger partial charge is 0.495 e. The number of methoxy groups -OCH3 is 1. The van der Waals surface area contributed by atoms with E-state index in [1.807, 2.05) is 0 Å². The molecule has 0 aliphatic heterocycles. The van der Waals surface area contributed by atoms with E-state index in [-0.39, 0.29) is 16.2 Å². The van der Waals surface area contributed by atoms with Gasteiger partial charge >= 0.3 is 0 Å². The average molecular weight is 406 g/mol. The smallest absolute Gasteiger partial charge is 0.253 e. The van der Waals surface area contributed by atoms with E-state index in [4.69, 9.17) is 39.5 Å². The minimum absolute atomic E-state index is 0.0560. The predicted octanol–water partition coefficient (Wildman–Crippen LogP) is 1.36. The number of hydrogen-bond donors (Lipinski definition) is 2. The molecule has 2 N–H and O–H groups in total. The molecule has 0 bridgehead atoms. The molecule has 7 nitrogen and oxygen atoms in total. The fourth-order valence-electron chi connectivity index (χ4n) is 1.51. The second kappa shape index (κ2) is 7.42. The monoisotopic (exact) mass is 404 g/mol. The van der Waals surface area contributed by atoms with Crippen molar-refractivity contribution in [3.8, 4) is 5.75 Å². The molecule has 0 unspecified atom stereocenters. The molecule has 130 valence electrons. The van der Waals surface area contributed by atoms with Crippen LogP contribution in [0, 0.1) is 0 Å². The Morgan fingerprint density at radius 1 is 1.35 bits per heavy atom. The topological polar surface area (TPSA) is 95.9 Å². The van der Waals surface area contributed by atoms with Gasteiger partial charge in [0.25, 0.3) is 5.91 Å². The van der Waals surface area contributed by atoms with Crippen LogP contribution in [0.4, 0.5) is 0 Å². The summed E-state index contributed by atoms with van der Waals surface area (Å²) < 4.78 is 28.4. The van der Waals surface area contributed by atoms with E-state index >= 15 is 0 Å². The van der Waals surface area contributed by atoms with Gasteiger partial charge in [-0.3, -0.25) is 4.79 Å². The number of amides is 1. The highest BCUT2D eigenvalue weighted by Crippen LogP contribution is 2.30. The maximum atomic E-state index is 12.3. The summed E-state index contributed by atoms with van der Waals surface area (Å²) in [7, 11) is 0.140. The lowest BCUT2D eigenvalue weighted by Gasteiger charge is -2.20. The molecule has 11 heteroatoms. The summed E-state index contributed by atoms with van der Waals surface area (Å²) >= 11 is 16.4. The number of nitrogens with one attached hydrogen (secondary N) is 1. The van der Waals surface area contributed by atoms with Crippen LogP contribution in [0.2, 0.25) is 0 Å². The van der Waals surface area contributed by atoms with Crippen LogP contribution < -0.4 is 10.1 Å². The summed E-state index contributed by atoms with van der Waals surface area (Å²) in [5.74, 6) is -0.751. The van der Waals surface area contributed by atoms with Crippen LogP contribution in [-0.4, -0.2) is 55.0 Å². The van der Waals surface area contributed by atoms with E-state index in [2.05, 4.69) is 5.32 Å². The number of carbonyl (C=O) groups is 1. The highest BCUT2D eigenvalue weighted by atomic mass is 35.6. The van der Waals surface area contributed by atoms with Gasteiger partial charge in [0, 0.05) is 19.7 Å². The Balaban J connectivity index is 3.24. The molecule has 0 heterocycles. The van der Waals surface area contributed by atoms with Crippen LogP contribution in [0.15, 0.2) is 23.1 Å². The number of nitrogens with zero attached hydrogens (tertiary/aromatic N) is 1. The average Bonchev–Trinajstić information content (AvgIpc) is 2.45. The van der Waals surface area contributed by atoms with Gasteiger partial charge in [-0.1, -0.05) is 34.8 Å². The van der Waals surface area contributed by atoms with Gasteiger partial charge in [-0.2, -0.15) is 0 Å². The lowest BCUT2D eigenvalue weighted by Crippen LogP contribution is -2.43. The van der Waals surface area contributed by atoms with Crippen LogP contribution in [0.1, 0.15) is 10.4 Å². The summed E-state index contributed by atoms with van der Waals surface area (Å²) in [6.45, 7) is 0. The Labute approximate surface area is 149 Å². The van der Waals surface area contributed by atoms with E-state index in [0.29, 0.717) is 0 Å². The number of aliphatic hydroxyl groups excluding tert-OH is 1. The lowest BCUT2D eigenvalue weighted by molar-refractivity contribution is 0.0791. The van der Waals surface area contributed by atoms with E-state index in [0.717, 1.165) is 10.4 Å². The number of benzene rings is 1. The van der Waals surface area contributed by atoms with E-state index in [1.165, 1.54) is 33.3 Å². The van der Waals surface area contributed by atoms with Crippen molar-refractivity contribution >= 4 is 50.7 Å². The third kappa shape index (κ3) is 4.85. The summed E-state index contributed by atoms with van der Waals surface area (Å²) in [6.07, 6.45) is -1.77. The van der Waals surface area contributed by atoms with Crippen LogP contribution in [-0.2, 0) is 10.0 Å². The molecule has 1 aromatic rings. The third-order valence-corrected chi connectivity index (χ3v) is 5.22. The minimum atomic E-state index is -3.84. The Hall–Kier alpha value is -0.770. The number of rotatable bonds is 5. The zero-order chi connectivity index (χ0) is 18.0. The normalized spacial score (nSPS) is 13.7. The maximum absolute atomic E-state index is 12.3. The Morgan fingerprint density at radius 2 is 1.91 bits per heavy atom. The molecule has 0 fully saturated rings. The fourth-order valence-corrected chi connectivity index (χ4v) is 2.74. The predicted molar refractivity (Wildman–Crippen MR) is 87.6 cm³/mol. The summed E-state index contributed by atoms with van der Waals surface area (Å²) in [4.78, 5) is 11.8. The standard InChI is InChI=1S/C12H15Cl3N2O5S/c1-17(2)23(20,21)9-6-7(4-5-8(9)22-3)10(18)16-11(19)12(13,14)15/h4-6,11,19H,1-3H3,(H,16,18)/t11-/m0/s1. The Bertz CT molecular complexity index is 688. The summed E-state index contributed by atoms with van der Waals surface area (Å²) in [5.41, 5.74) is -0.0560. The van der Waals surface area contributed by atoms with Gasteiger partial charge in [0.1, 0.15) is 10.6 Å². The number of aliphatic hydroxyl groups is 1. The van der Waals surface area contributed by atoms with Gasteiger partial charge in [0.15, 0.2) is 6.23 Å². The van der Waals surface area contributed by atoms with E-state index < -0.39 is 26.0 Å². The van der Waals surface area contributed by atoms with Gasteiger partial charge in [-0.25, -0.2) is 12.7 Å². The first-order valence-corrected chi connectivity index (χ1v) is 8.65. The maximum Gasteiger partial charge on any atom is 0.253 e. The van der Waals surface area contributed by atoms with Crippen molar-refractivity contribution in [1.29, 1.82) is 0 Å². The first-order valence-electron chi connectivity index (χ1n) is 6.07. The number of ether oxygens (including phenoxy) is 1. The molecule has 0 saturated carbocycles. The second-order valence-electron chi connectivity index (χ2n) is 4.57. The van der Waals surface area contributed by atoms with Crippen molar-refractivity contribution in [2.75, 3.05) is 21.2 Å². The molecule has 0 saturated heterocycles. The molecular formula is C12H15Cl3N2O5S. The number of hydrogen-bond acceptors (Lipinski definition) is 5. The third-order valence-electron chi connectivity index (χ3n) is 2.76. The highest BCUT2D eigenvalue weighted by Gasteiger charge is 2.32. The van der Waals surface area contributed by atoms with Crippen molar-refractivity contribution in [3.63, 3.8) is 0 Å². The van der Waals surface area contributed by atoms with Crippen LogP contribution in [0.3, 0.4) is 0 Å². The quantitative estimate of drug-likeness (QED) is 0.570. The van der Waals surface area contributed by atoms with Crippen LogP contribution in [0.5, 0.6) is 5.75 Å². The molecule has 1 rings (SSSR count). The minimum Gasteiger partial charge on any atom is -0.495 e. The SMILES string of the molecule is COc1ccc(C(=O)N[C@@H](O)C(Cl)(Cl)Cl)cc1S(=O)(=O)N(C)C. The molecule has 0 spiro atoms. The van der Waals surface area contributed by atoms with Gasteiger partial charge in [0.2, 0.25) is 13.8 Å². The van der Waals surface area contributed by atoms with Crippen LogP contribution in [0.25, 0.3) is 0 Å². The summed E-state index contributed by atoms with van der Waals surface area (Å²) in [5, 5.41) is 11.6. The molecule has 1 amide bonds. The zero-order valence-corrected chi connectivity index (χ0v) is 15.5. The molecule has 0 aromatic heterocycles. The molecule has 1 atom stereocenters. The highest BCUT2D eigenvalue weighted by molar-refractivity contribution is 7.89. The van der Waals surface area contributed by atoms with Crippen molar-refractivity contribution in [1.82, 2.24) is 9.62 Å². The molecule has 0 aliphatic rings. The molecule has 0 radical (unpaired) electrons. The Morgan fingerprint density at radius 3 is 2.35 bits per heavy atom. The van der Waals surface area contributed by atoms with Gasteiger partial charge < -0.3 is 15.2 Å². The van der Waals surface area contributed by atoms with Gasteiger partial charge in [-0.15, -0.1) is 0 Å². The second-order valence-corrected chi connectivity index (χ2v) is 9.06. The lowest BCUT2D eigenvalue weighted by atomic mass is 10.2. The first-order chi connectivity index (χ1) is 10.4. The number of sulfonamides is 1. The van der Waals surface area contributed by atoms with E-state index in [1.54, 1.807) is 0 Å². The van der Waals surface area contributed by atoms with Gasteiger partial charge in [-0.05, 0) is 18.2 Å². The number of alkyl halides is 3. The van der Waals surface area contributed by atoms with Crippen molar-refractivity contribution in [3.05, 3.63) is 23.8 Å². The zero-order valence-electron chi connectivity index (χ0n) is 12.4. The summed E-state index contributed by atoms with van der Waals surface area (Å²) in [6, 6.07) is 3.73. The number of carbonyl (C=O) groups excluding carboxylic acids is 1.